The predicted molar refractivity (Wildman–Crippen MR) is 105 cm³/mol. The van der Waals surface area contributed by atoms with Gasteiger partial charge in [-0.3, -0.25) is 9.59 Å². The van der Waals surface area contributed by atoms with Crippen LogP contribution in [0, 0.1) is 27.7 Å². The highest BCUT2D eigenvalue weighted by Gasteiger charge is 2.28. The lowest BCUT2D eigenvalue weighted by atomic mass is 10.0. The molecule has 0 aliphatic carbocycles. The molecule has 27 heavy (non-hydrogen) atoms. The fourth-order valence-electron chi connectivity index (χ4n) is 3.14. The molecule has 0 N–H and O–H groups in total. The van der Waals surface area contributed by atoms with Gasteiger partial charge in [0.25, 0.3) is 11.8 Å². The minimum atomic E-state index is -0.447. The van der Waals surface area contributed by atoms with Gasteiger partial charge < -0.3 is 0 Å². The summed E-state index contributed by atoms with van der Waals surface area (Å²) in [6.45, 7) is 7.66. The van der Waals surface area contributed by atoms with Crippen LogP contribution in [0.2, 0.25) is 0 Å². The molecule has 3 rings (SSSR count). The number of anilines is 1. The summed E-state index contributed by atoms with van der Waals surface area (Å²) >= 11 is 0. The van der Waals surface area contributed by atoms with Crippen molar-refractivity contribution in [3.8, 4) is 0 Å². The maximum Gasteiger partial charge on any atom is 0.267 e. The number of aryl methyl sites for hydroxylation is 4. The van der Waals surface area contributed by atoms with Crippen LogP contribution in [0.1, 0.15) is 43.0 Å². The quantitative estimate of drug-likeness (QED) is 0.658. The molecule has 0 atom stereocenters. The SMILES string of the molecule is Cc1cc(C)cc(C(=O)N(C(=O)c2cc(C)cc(C)c2)c2ncccn2)c1. The van der Waals surface area contributed by atoms with E-state index in [4.69, 9.17) is 0 Å². The second-order valence-electron chi connectivity index (χ2n) is 6.75. The Morgan fingerprint density at radius 1 is 0.667 bits per heavy atom. The zero-order valence-corrected chi connectivity index (χ0v) is 15.9. The van der Waals surface area contributed by atoms with Gasteiger partial charge in [0, 0.05) is 23.5 Å². The summed E-state index contributed by atoms with van der Waals surface area (Å²) in [5.41, 5.74) is 4.66. The molecule has 1 heterocycles. The molecule has 136 valence electrons. The Hall–Kier alpha value is -3.34. The van der Waals surface area contributed by atoms with Crippen LogP contribution in [-0.2, 0) is 0 Å². The number of rotatable bonds is 3. The fraction of sp³-hybridized carbons (Fsp3) is 0.182. The number of nitrogens with zero attached hydrogens (tertiary/aromatic N) is 3. The molecule has 0 aliphatic heterocycles. The second kappa shape index (κ2) is 7.50. The van der Waals surface area contributed by atoms with Gasteiger partial charge in [-0.05, 0) is 58.0 Å². The summed E-state index contributed by atoms with van der Waals surface area (Å²) in [5.74, 6) is -0.833. The van der Waals surface area contributed by atoms with Crippen molar-refractivity contribution in [1.29, 1.82) is 0 Å². The van der Waals surface area contributed by atoms with Crippen molar-refractivity contribution in [2.75, 3.05) is 4.90 Å². The molecule has 0 aliphatic rings. The highest BCUT2D eigenvalue weighted by atomic mass is 16.2. The van der Waals surface area contributed by atoms with Gasteiger partial charge in [0.1, 0.15) is 0 Å². The number of benzene rings is 2. The summed E-state index contributed by atoms with van der Waals surface area (Å²) in [7, 11) is 0. The van der Waals surface area contributed by atoms with E-state index in [1.807, 2.05) is 39.8 Å². The number of carbonyl (C=O) groups excluding carboxylic acids is 2. The molecule has 0 radical (unpaired) electrons. The first kappa shape index (κ1) is 18.5. The summed E-state index contributed by atoms with van der Waals surface area (Å²) in [6, 6.07) is 12.7. The van der Waals surface area contributed by atoms with Crippen LogP contribution in [0.25, 0.3) is 0 Å². The van der Waals surface area contributed by atoms with Crippen LogP contribution in [-0.4, -0.2) is 21.8 Å². The Morgan fingerprint density at radius 2 is 1.04 bits per heavy atom. The smallest absolute Gasteiger partial charge is 0.267 e. The van der Waals surface area contributed by atoms with Crippen LogP contribution < -0.4 is 4.90 Å². The van der Waals surface area contributed by atoms with E-state index >= 15 is 0 Å². The van der Waals surface area contributed by atoms with E-state index in [1.165, 1.54) is 12.4 Å². The number of hydrogen-bond acceptors (Lipinski definition) is 4. The molecule has 0 spiro atoms. The first-order valence-electron chi connectivity index (χ1n) is 8.67. The predicted octanol–water partition coefficient (Wildman–Crippen LogP) is 4.20. The van der Waals surface area contributed by atoms with Gasteiger partial charge in [0.15, 0.2) is 0 Å². The topological polar surface area (TPSA) is 63.2 Å². The normalized spacial score (nSPS) is 10.5. The summed E-state index contributed by atoms with van der Waals surface area (Å²) < 4.78 is 0. The van der Waals surface area contributed by atoms with E-state index in [1.54, 1.807) is 30.3 Å². The van der Waals surface area contributed by atoms with Crippen LogP contribution in [0.3, 0.4) is 0 Å². The highest BCUT2D eigenvalue weighted by molar-refractivity contribution is 6.25. The standard InChI is InChI=1S/C22H21N3O2/c1-14-8-15(2)11-18(10-14)20(26)25(22-23-6-5-7-24-22)21(27)19-12-16(3)9-17(4)13-19/h5-13H,1-4H3. The number of amides is 2. The third kappa shape index (κ3) is 4.08. The van der Waals surface area contributed by atoms with Crippen molar-refractivity contribution >= 4 is 17.8 Å². The van der Waals surface area contributed by atoms with Gasteiger partial charge in [0.2, 0.25) is 5.95 Å². The number of carbonyl (C=O) groups is 2. The third-order valence-corrected chi connectivity index (χ3v) is 4.10. The lowest BCUT2D eigenvalue weighted by Crippen LogP contribution is -2.38. The fourth-order valence-corrected chi connectivity index (χ4v) is 3.14. The minimum absolute atomic E-state index is 0.0609. The Balaban J connectivity index is 2.11. The molecule has 0 unspecified atom stereocenters. The lowest BCUT2D eigenvalue weighted by molar-refractivity contribution is 0.0895. The maximum atomic E-state index is 13.3. The Morgan fingerprint density at radius 3 is 1.41 bits per heavy atom. The van der Waals surface area contributed by atoms with Crippen molar-refractivity contribution in [2.45, 2.75) is 27.7 Å². The van der Waals surface area contributed by atoms with Gasteiger partial charge in [0.05, 0.1) is 0 Å². The number of hydrogen-bond donors (Lipinski definition) is 0. The zero-order chi connectivity index (χ0) is 19.6. The van der Waals surface area contributed by atoms with Crippen molar-refractivity contribution in [3.05, 3.63) is 88.2 Å². The van der Waals surface area contributed by atoms with Gasteiger partial charge in [-0.1, -0.05) is 34.4 Å². The first-order valence-corrected chi connectivity index (χ1v) is 8.67. The van der Waals surface area contributed by atoms with E-state index in [2.05, 4.69) is 9.97 Å². The van der Waals surface area contributed by atoms with Gasteiger partial charge in [-0.15, -0.1) is 0 Å². The molecule has 1 aromatic heterocycles. The average molecular weight is 359 g/mol. The number of imide groups is 1. The minimum Gasteiger partial charge on any atom is -0.268 e. The Labute approximate surface area is 158 Å². The largest absolute Gasteiger partial charge is 0.268 e. The Bertz CT molecular complexity index is 909. The molecule has 0 saturated heterocycles. The van der Waals surface area contributed by atoms with Gasteiger partial charge in [-0.2, -0.15) is 0 Å². The van der Waals surface area contributed by atoms with Crippen molar-refractivity contribution in [3.63, 3.8) is 0 Å². The van der Waals surface area contributed by atoms with E-state index in [-0.39, 0.29) is 5.95 Å². The molecular formula is C22H21N3O2. The van der Waals surface area contributed by atoms with E-state index in [9.17, 15) is 9.59 Å². The highest BCUT2D eigenvalue weighted by Crippen LogP contribution is 2.19. The second-order valence-corrected chi connectivity index (χ2v) is 6.75. The molecule has 0 bridgehead atoms. The van der Waals surface area contributed by atoms with E-state index in [0.29, 0.717) is 11.1 Å². The zero-order valence-electron chi connectivity index (χ0n) is 15.9. The van der Waals surface area contributed by atoms with Crippen LogP contribution >= 0.6 is 0 Å². The van der Waals surface area contributed by atoms with Crippen LogP contribution in [0.15, 0.2) is 54.9 Å². The summed E-state index contributed by atoms with van der Waals surface area (Å²) in [6.07, 6.45) is 3.03. The van der Waals surface area contributed by atoms with E-state index in [0.717, 1.165) is 27.2 Å². The average Bonchev–Trinajstić information content (AvgIpc) is 2.61. The molecule has 5 heteroatoms. The summed E-state index contributed by atoms with van der Waals surface area (Å²) in [5, 5.41) is 0. The van der Waals surface area contributed by atoms with Gasteiger partial charge in [-0.25, -0.2) is 14.9 Å². The lowest BCUT2D eigenvalue weighted by Gasteiger charge is -2.20. The molecule has 2 aromatic carbocycles. The van der Waals surface area contributed by atoms with Gasteiger partial charge >= 0.3 is 0 Å². The monoisotopic (exact) mass is 359 g/mol. The molecular weight excluding hydrogens is 338 g/mol. The Kier molecular flexibility index (Phi) is 5.12. The van der Waals surface area contributed by atoms with Crippen LogP contribution in [0.4, 0.5) is 5.95 Å². The van der Waals surface area contributed by atoms with Crippen molar-refractivity contribution < 1.29 is 9.59 Å². The molecule has 0 saturated carbocycles. The third-order valence-electron chi connectivity index (χ3n) is 4.10. The van der Waals surface area contributed by atoms with E-state index < -0.39 is 11.8 Å². The molecule has 5 nitrogen and oxygen atoms in total. The number of aromatic nitrogens is 2. The van der Waals surface area contributed by atoms with Crippen LogP contribution in [0.5, 0.6) is 0 Å². The molecule has 0 fully saturated rings. The maximum absolute atomic E-state index is 13.3. The van der Waals surface area contributed by atoms with Crippen molar-refractivity contribution in [2.24, 2.45) is 0 Å². The first-order chi connectivity index (χ1) is 12.8. The molecule has 2 amide bonds. The summed E-state index contributed by atoms with van der Waals surface area (Å²) in [4.78, 5) is 35.8. The molecule has 3 aromatic rings. The van der Waals surface area contributed by atoms with Crippen molar-refractivity contribution in [1.82, 2.24) is 9.97 Å².